The molecule has 0 saturated heterocycles. The van der Waals surface area contributed by atoms with Gasteiger partial charge in [0.1, 0.15) is 11.7 Å². The normalized spacial score (nSPS) is 11.7. The van der Waals surface area contributed by atoms with Gasteiger partial charge in [0.25, 0.3) is 0 Å². The van der Waals surface area contributed by atoms with Gasteiger partial charge in [0.05, 0.1) is 18.8 Å². The molecule has 1 aromatic carbocycles. The van der Waals surface area contributed by atoms with Crippen molar-refractivity contribution in [2.24, 2.45) is 0 Å². The molecule has 0 aliphatic heterocycles. The fourth-order valence-electron chi connectivity index (χ4n) is 2.22. The second-order valence-electron chi connectivity index (χ2n) is 6.04. The zero-order valence-electron chi connectivity index (χ0n) is 13.4. The van der Waals surface area contributed by atoms with Crippen LogP contribution in [0.15, 0.2) is 30.7 Å². The van der Waals surface area contributed by atoms with E-state index in [1.807, 2.05) is 4.68 Å². The first kappa shape index (κ1) is 15.6. The van der Waals surface area contributed by atoms with Gasteiger partial charge >= 0.3 is 0 Å². The van der Waals surface area contributed by atoms with Gasteiger partial charge in [-0.2, -0.15) is 5.10 Å². The van der Waals surface area contributed by atoms with Crippen LogP contribution in [0.3, 0.4) is 0 Å². The summed E-state index contributed by atoms with van der Waals surface area (Å²) in [7, 11) is 1.56. The molecule has 23 heavy (non-hydrogen) atoms. The fourth-order valence-corrected chi connectivity index (χ4v) is 2.39. The summed E-state index contributed by atoms with van der Waals surface area (Å²) in [5.74, 6) is 1.49. The van der Waals surface area contributed by atoms with Crippen molar-refractivity contribution >= 4 is 22.6 Å². The molecule has 0 radical (unpaired) electrons. The van der Waals surface area contributed by atoms with Gasteiger partial charge in [-0.15, -0.1) is 0 Å². The monoisotopic (exact) mass is 332 g/mol. The molecule has 0 saturated carbocycles. The van der Waals surface area contributed by atoms with E-state index in [4.69, 9.17) is 21.1 Å². The standard InChI is InChI=1S/C16H17ClN4O2/c1-16(2,3)21-14-11(8-20-21)15(19-9-18-14)23-12-6-5-10(17)7-13(12)22-4/h5-9H,1-4H3. The molecule has 3 rings (SSSR count). The van der Waals surface area contributed by atoms with Crippen LogP contribution in [0.4, 0.5) is 0 Å². The molecule has 0 unspecified atom stereocenters. The summed E-state index contributed by atoms with van der Waals surface area (Å²) in [6, 6.07) is 5.16. The number of hydrogen-bond donors (Lipinski definition) is 0. The second-order valence-corrected chi connectivity index (χ2v) is 6.48. The summed E-state index contributed by atoms with van der Waals surface area (Å²) in [4.78, 5) is 8.54. The maximum Gasteiger partial charge on any atom is 0.233 e. The average molecular weight is 333 g/mol. The molecule has 0 atom stereocenters. The van der Waals surface area contributed by atoms with Crippen molar-refractivity contribution in [1.29, 1.82) is 0 Å². The summed E-state index contributed by atoms with van der Waals surface area (Å²) in [6.45, 7) is 6.18. The van der Waals surface area contributed by atoms with Gasteiger partial charge in [-0.1, -0.05) is 11.6 Å². The Morgan fingerprint density at radius 1 is 1.13 bits per heavy atom. The number of benzene rings is 1. The Bertz CT molecular complexity index is 855. The van der Waals surface area contributed by atoms with E-state index < -0.39 is 0 Å². The first-order chi connectivity index (χ1) is 10.9. The Morgan fingerprint density at radius 3 is 2.61 bits per heavy atom. The molecule has 0 bridgehead atoms. The Morgan fingerprint density at radius 2 is 1.91 bits per heavy atom. The van der Waals surface area contributed by atoms with Gasteiger partial charge in [-0.05, 0) is 32.9 Å². The van der Waals surface area contributed by atoms with Crippen LogP contribution in [-0.4, -0.2) is 26.9 Å². The SMILES string of the molecule is COc1cc(Cl)ccc1Oc1ncnc2c1cnn2C(C)(C)C. The number of hydrogen-bond acceptors (Lipinski definition) is 5. The number of aromatic nitrogens is 4. The van der Waals surface area contributed by atoms with Gasteiger partial charge in [0, 0.05) is 11.1 Å². The van der Waals surface area contributed by atoms with E-state index in [0.717, 1.165) is 11.0 Å². The van der Waals surface area contributed by atoms with E-state index in [2.05, 4.69) is 35.8 Å². The molecule has 0 spiro atoms. The van der Waals surface area contributed by atoms with Crippen molar-refractivity contribution in [3.8, 4) is 17.4 Å². The number of methoxy groups -OCH3 is 1. The highest BCUT2D eigenvalue weighted by Crippen LogP contribution is 2.35. The molecular weight excluding hydrogens is 316 g/mol. The van der Waals surface area contributed by atoms with Crippen LogP contribution < -0.4 is 9.47 Å². The zero-order valence-corrected chi connectivity index (χ0v) is 14.1. The van der Waals surface area contributed by atoms with Gasteiger partial charge in [0.15, 0.2) is 17.1 Å². The summed E-state index contributed by atoms with van der Waals surface area (Å²) in [5.41, 5.74) is 0.529. The van der Waals surface area contributed by atoms with Gasteiger partial charge in [0.2, 0.25) is 5.88 Å². The van der Waals surface area contributed by atoms with Crippen LogP contribution in [-0.2, 0) is 5.54 Å². The van der Waals surface area contributed by atoms with Crippen molar-refractivity contribution < 1.29 is 9.47 Å². The highest BCUT2D eigenvalue weighted by molar-refractivity contribution is 6.30. The molecule has 120 valence electrons. The van der Waals surface area contributed by atoms with E-state index in [0.29, 0.717) is 22.4 Å². The van der Waals surface area contributed by atoms with Crippen molar-refractivity contribution in [2.75, 3.05) is 7.11 Å². The first-order valence-electron chi connectivity index (χ1n) is 7.11. The first-order valence-corrected chi connectivity index (χ1v) is 7.48. The number of halogens is 1. The number of rotatable bonds is 3. The van der Waals surface area contributed by atoms with Crippen molar-refractivity contribution in [3.05, 3.63) is 35.7 Å². The van der Waals surface area contributed by atoms with Crippen molar-refractivity contribution in [2.45, 2.75) is 26.3 Å². The molecule has 0 amide bonds. The zero-order chi connectivity index (χ0) is 16.6. The third kappa shape index (κ3) is 2.94. The largest absolute Gasteiger partial charge is 0.493 e. The maximum atomic E-state index is 5.97. The second kappa shape index (κ2) is 5.70. The molecule has 0 aliphatic rings. The highest BCUT2D eigenvalue weighted by Gasteiger charge is 2.20. The average Bonchev–Trinajstić information content (AvgIpc) is 2.94. The van der Waals surface area contributed by atoms with E-state index in [9.17, 15) is 0 Å². The minimum absolute atomic E-state index is 0.189. The third-order valence-electron chi connectivity index (χ3n) is 3.30. The smallest absolute Gasteiger partial charge is 0.233 e. The van der Waals surface area contributed by atoms with E-state index in [1.54, 1.807) is 31.5 Å². The summed E-state index contributed by atoms with van der Waals surface area (Å²) in [5, 5.41) is 5.71. The fraction of sp³-hybridized carbons (Fsp3) is 0.312. The van der Waals surface area contributed by atoms with E-state index in [1.165, 1.54) is 6.33 Å². The van der Waals surface area contributed by atoms with E-state index in [-0.39, 0.29) is 5.54 Å². The Kier molecular flexibility index (Phi) is 3.85. The molecule has 0 N–H and O–H groups in total. The lowest BCUT2D eigenvalue weighted by molar-refractivity contribution is 0.365. The van der Waals surface area contributed by atoms with E-state index >= 15 is 0 Å². The molecule has 2 heterocycles. The quantitative estimate of drug-likeness (QED) is 0.724. The van der Waals surface area contributed by atoms with Crippen LogP contribution in [0.1, 0.15) is 20.8 Å². The molecule has 0 aliphatic carbocycles. The van der Waals surface area contributed by atoms with Crippen LogP contribution in [0.2, 0.25) is 5.02 Å². The van der Waals surface area contributed by atoms with Gasteiger partial charge in [-0.25, -0.2) is 14.6 Å². The summed E-state index contributed by atoms with van der Waals surface area (Å²) in [6.07, 6.45) is 3.17. The summed E-state index contributed by atoms with van der Waals surface area (Å²) < 4.78 is 13.0. The topological polar surface area (TPSA) is 62.1 Å². The molecule has 3 aromatic rings. The molecular formula is C16H17ClN4O2. The van der Waals surface area contributed by atoms with Crippen LogP contribution >= 0.6 is 11.6 Å². The minimum Gasteiger partial charge on any atom is -0.493 e. The predicted octanol–water partition coefficient (Wildman–Crippen LogP) is 4.04. The van der Waals surface area contributed by atoms with Crippen molar-refractivity contribution in [3.63, 3.8) is 0 Å². The Balaban J connectivity index is 2.06. The number of ether oxygens (including phenoxy) is 2. The predicted molar refractivity (Wildman–Crippen MR) is 88.4 cm³/mol. The minimum atomic E-state index is -0.189. The number of nitrogens with zero attached hydrogens (tertiary/aromatic N) is 4. The van der Waals surface area contributed by atoms with Gasteiger partial charge < -0.3 is 9.47 Å². The molecule has 2 aromatic heterocycles. The molecule has 7 heteroatoms. The molecule has 6 nitrogen and oxygen atoms in total. The van der Waals surface area contributed by atoms with Crippen LogP contribution in [0.25, 0.3) is 11.0 Å². The van der Waals surface area contributed by atoms with Crippen molar-refractivity contribution in [1.82, 2.24) is 19.7 Å². The van der Waals surface area contributed by atoms with Crippen LogP contribution in [0.5, 0.6) is 17.4 Å². The Labute approximate surface area is 139 Å². The number of fused-ring (bicyclic) bond motifs is 1. The lowest BCUT2D eigenvalue weighted by atomic mass is 10.1. The lowest BCUT2D eigenvalue weighted by Gasteiger charge is -2.19. The summed E-state index contributed by atoms with van der Waals surface area (Å²) >= 11 is 5.97. The lowest BCUT2D eigenvalue weighted by Crippen LogP contribution is -2.23. The molecule has 0 fully saturated rings. The van der Waals surface area contributed by atoms with Crippen LogP contribution in [0, 0.1) is 0 Å². The highest BCUT2D eigenvalue weighted by atomic mass is 35.5. The third-order valence-corrected chi connectivity index (χ3v) is 3.53. The maximum absolute atomic E-state index is 5.97. The Hall–Kier alpha value is -2.34. The van der Waals surface area contributed by atoms with Gasteiger partial charge in [-0.3, -0.25) is 0 Å².